The molecular formula is C15H16F3N7. The zero-order valence-corrected chi connectivity index (χ0v) is 13.6. The Hall–Kier alpha value is -2.83. The van der Waals surface area contributed by atoms with Crippen molar-refractivity contribution in [3.05, 3.63) is 23.7 Å². The third-order valence-corrected chi connectivity index (χ3v) is 3.97. The summed E-state index contributed by atoms with van der Waals surface area (Å²) in [4.78, 5) is 7.68. The fraction of sp³-hybridized carbons (Fsp3) is 0.467. The van der Waals surface area contributed by atoms with Crippen LogP contribution in [0.1, 0.15) is 30.6 Å². The molecule has 7 nitrogen and oxygen atoms in total. The van der Waals surface area contributed by atoms with Gasteiger partial charge < -0.3 is 10.6 Å². The average molecular weight is 351 g/mol. The molecule has 0 bridgehead atoms. The fourth-order valence-electron chi connectivity index (χ4n) is 2.54. The van der Waals surface area contributed by atoms with Gasteiger partial charge in [0.25, 0.3) is 0 Å². The molecule has 1 fully saturated rings. The van der Waals surface area contributed by atoms with E-state index in [0.29, 0.717) is 12.2 Å². The van der Waals surface area contributed by atoms with E-state index in [9.17, 15) is 13.2 Å². The van der Waals surface area contributed by atoms with Gasteiger partial charge >= 0.3 is 6.18 Å². The lowest BCUT2D eigenvalue weighted by molar-refractivity contribution is -0.137. The van der Waals surface area contributed by atoms with E-state index in [1.807, 2.05) is 6.92 Å². The number of anilines is 3. The summed E-state index contributed by atoms with van der Waals surface area (Å²) >= 11 is 0. The highest BCUT2D eigenvalue weighted by Gasteiger charge is 2.41. The number of halogens is 3. The van der Waals surface area contributed by atoms with E-state index in [0.717, 1.165) is 18.3 Å². The third-order valence-electron chi connectivity index (χ3n) is 3.97. The Labute approximate surface area is 141 Å². The Morgan fingerprint density at radius 2 is 2.16 bits per heavy atom. The monoisotopic (exact) mass is 351 g/mol. The average Bonchev–Trinajstić information content (AvgIpc) is 3.25. The van der Waals surface area contributed by atoms with E-state index in [2.05, 4.69) is 31.8 Å². The number of nitrogens with zero attached hydrogens (tertiary/aromatic N) is 5. The first-order valence-corrected chi connectivity index (χ1v) is 7.74. The minimum atomic E-state index is -4.53. The van der Waals surface area contributed by atoms with E-state index in [1.54, 1.807) is 17.8 Å². The molecule has 132 valence electrons. The largest absolute Gasteiger partial charge is 0.421 e. The number of aromatic nitrogens is 4. The van der Waals surface area contributed by atoms with Crippen molar-refractivity contribution in [1.82, 2.24) is 19.7 Å². The fourth-order valence-corrected chi connectivity index (χ4v) is 2.54. The lowest BCUT2D eigenvalue weighted by atomic mass is 10.3. The molecule has 0 spiro atoms. The molecule has 10 heteroatoms. The van der Waals surface area contributed by atoms with Crippen LogP contribution in [0.4, 0.5) is 30.6 Å². The smallest absolute Gasteiger partial charge is 0.370 e. The van der Waals surface area contributed by atoms with Gasteiger partial charge in [-0.15, -0.1) is 0 Å². The van der Waals surface area contributed by atoms with Crippen molar-refractivity contribution in [3.63, 3.8) is 0 Å². The van der Waals surface area contributed by atoms with Crippen molar-refractivity contribution in [2.24, 2.45) is 5.92 Å². The minimum absolute atomic E-state index is 0.0410. The maximum absolute atomic E-state index is 13.0. The Kier molecular flexibility index (Phi) is 4.24. The van der Waals surface area contributed by atoms with Gasteiger partial charge in [-0.25, -0.2) is 4.98 Å². The molecule has 2 atom stereocenters. The van der Waals surface area contributed by atoms with E-state index >= 15 is 0 Å². The van der Waals surface area contributed by atoms with E-state index in [1.165, 1.54) is 0 Å². The number of rotatable bonds is 5. The van der Waals surface area contributed by atoms with Crippen LogP contribution in [0.15, 0.2) is 12.4 Å². The molecule has 0 radical (unpaired) electrons. The SMILES string of the molecule is CCNc1nc(Nc2cnn(C3C[C@@H]3C#N)c2C)ncc1C(F)(F)F. The molecule has 0 saturated heterocycles. The summed E-state index contributed by atoms with van der Waals surface area (Å²) in [5.74, 6) is -0.280. The number of hydrogen-bond acceptors (Lipinski definition) is 6. The van der Waals surface area contributed by atoms with Crippen LogP contribution in [0.2, 0.25) is 0 Å². The molecule has 2 N–H and O–H groups in total. The predicted octanol–water partition coefficient (Wildman–Crippen LogP) is 3.26. The molecule has 2 aromatic rings. The van der Waals surface area contributed by atoms with Gasteiger partial charge in [0.05, 0.1) is 35.6 Å². The maximum atomic E-state index is 13.0. The minimum Gasteiger partial charge on any atom is -0.370 e. The van der Waals surface area contributed by atoms with Crippen LogP contribution >= 0.6 is 0 Å². The van der Waals surface area contributed by atoms with E-state index in [4.69, 9.17) is 5.26 Å². The molecule has 3 rings (SSSR count). The molecule has 2 heterocycles. The van der Waals surface area contributed by atoms with Crippen molar-refractivity contribution in [1.29, 1.82) is 5.26 Å². The maximum Gasteiger partial charge on any atom is 0.421 e. The van der Waals surface area contributed by atoms with Gasteiger partial charge in [-0.1, -0.05) is 0 Å². The molecule has 1 saturated carbocycles. The van der Waals surface area contributed by atoms with Crippen molar-refractivity contribution in [2.45, 2.75) is 32.5 Å². The van der Waals surface area contributed by atoms with Gasteiger partial charge in [-0.3, -0.25) is 4.68 Å². The molecular weight excluding hydrogens is 335 g/mol. The lowest BCUT2D eigenvalue weighted by Crippen LogP contribution is -2.14. The second kappa shape index (κ2) is 6.23. The normalized spacial score (nSPS) is 19.4. The number of nitrogens with one attached hydrogen (secondary N) is 2. The predicted molar refractivity (Wildman–Crippen MR) is 84.2 cm³/mol. The van der Waals surface area contributed by atoms with Crippen molar-refractivity contribution in [3.8, 4) is 6.07 Å². The molecule has 1 unspecified atom stereocenters. The van der Waals surface area contributed by atoms with Crippen molar-refractivity contribution in [2.75, 3.05) is 17.2 Å². The summed E-state index contributed by atoms with van der Waals surface area (Å²) in [5, 5.41) is 18.6. The summed E-state index contributed by atoms with van der Waals surface area (Å²) in [5.41, 5.74) is 0.448. The lowest BCUT2D eigenvalue weighted by Gasteiger charge is -2.13. The summed E-state index contributed by atoms with van der Waals surface area (Å²) in [6.45, 7) is 3.80. The van der Waals surface area contributed by atoms with Gasteiger partial charge in [0, 0.05) is 12.7 Å². The molecule has 0 aliphatic heterocycles. The van der Waals surface area contributed by atoms with Crippen LogP contribution in [0.3, 0.4) is 0 Å². The third kappa shape index (κ3) is 3.35. The molecule has 0 amide bonds. The van der Waals surface area contributed by atoms with Gasteiger partial charge in [-0.2, -0.15) is 28.5 Å². The standard InChI is InChI=1S/C15H16F3N7/c1-3-20-13-10(15(16,17)18)6-21-14(24-13)23-11-7-22-25(8(11)2)12-4-9(12)5-19/h6-7,9,12H,3-4H2,1-2H3,(H2,20,21,23,24)/t9-,12?/m1/s1. The van der Waals surface area contributed by atoms with Crippen LogP contribution in [-0.4, -0.2) is 26.3 Å². The van der Waals surface area contributed by atoms with Crippen LogP contribution in [-0.2, 0) is 6.18 Å². The van der Waals surface area contributed by atoms with Gasteiger partial charge in [0.2, 0.25) is 5.95 Å². The first-order valence-electron chi connectivity index (χ1n) is 7.74. The molecule has 0 aromatic carbocycles. The number of nitriles is 1. The quantitative estimate of drug-likeness (QED) is 0.859. The van der Waals surface area contributed by atoms with Crippen molar-refractivity contribution < 1.29 is 13.2 Å². The Morgan fingerprint density at radius 1 is 1.40 bits per heavy atom. The van der Waals surface area contributed by atoms with Crippen molar-refractivity contribution >= 4 is 17.5 Å². The Morgan fingerprint density at radius 3 is 2.76 bits per heavy atom. The van der Waals surface area contributed by atoms with Crippen LogP contribution in [0.25, 0.3) is 0 Å². The van der Waals surface area contributed by atoms with Gasteiger partial charge in [-0.05, 0) is 20.3 Å². The van der Waals surface area contributed by atoms with Crippen LogP contribution in [0, 0.1) is 24.2 Å². The zero-order valence-electron chi connectivity index (χ0n) is 13.6. The summed E-state index contributed by atoms with van der Waals surface area (Å²) in [6, 6.07) is 2.24. The van der Waals surface area contributed by atoms with E-state index < -0.39 is 11.7 Å². The molecule has 1 aliphatic rings. The Bertz CT molecular complexity index is 822. The second-order valence-electron chi connectivity index (χ2n) is 5.74. The molecule has 25 heavy (non-hydrogen) atoms. The highest BCUT2D eigenvalue weighted by molar-refractivity contribution is 5.58. The molecule has 2 aromatic heterocycles. The molecule has 1 aliphatic carbocycles. The first-order chi connectivity index (χ1) is 11.8. The van der Waals surface area contributed by atoms with Gasteiger partial charge in [0.15, 0.2) is 0 Å². The zero-order chi connectivity index (χ0) is 18.2. The topological polar surface area (TPSA) is 91.5 Å². The second-order valence-corrected chi connectivity index (χ2v) is 5.74. The van der Waals surface area contributed by atoms with Crippen LogP contribution in [0.5, 0.6) is 0 Å². The Balaban J connectivity index is 1.84. The highest BCUT2D eigenvalue weighted by Crippen LogP contribution is 2.43. The number of hydrogen-bond donors (Lipinski definition) is 2. The van der Waals surface area contributed by atoms with Gasteiger partial charge in [0.1, 0.15) is 11.4 Å². The first kappa shape index (κ1) is 17.0. The summed E-state index contributed by atoms with van der Waals surface area (Å²) < 4.78 is 40.7. The van der Waals surface area contributed by atoms with Crippen LogP contribution < -0.4 is 10.6 Å². The number of alkyl halides is 3. The highest BCUT2D eigenvalue weighted by atomic mass is 19.4. The van der Waals surface area contributed by atoms with E-state index in [-0.39, 0.29) is 23.7 Å². The summed E-state index contributed by atoms with van der Waals surface area (Å²) in [7, 11) is 0. The summed E-state index contributed by atoms with van der Waals surface area (Å²) in [6.07, 6.45) is -1.48.